The molecule has 2 heteroatoms. The Balaban J connectivity index is 2.58. The van der Waals surface area contributed by atoms with Gasteiger partial charge in [0.1, 0.15) is 11.4 Å². The lowest BCUT2D eigenvalue weighted by Gasteiger charge is -2.30. The number of nitrogens with one attached hydrogen (secondary N) is 1. The van der Waals surface area contributed by atoms with Crippen LogP contribution in [0.1, 0.15) is 39.2 Å². The minimum atomic E-state index is -0.121. The van der Waals surface area contributed by atoms with Crippen LogP contribution in [0.5, 0.6) is 5.75 Å². The molecule has 96 valence electrons. The van der Waals surface area contributed by atoms with Crippen LogP contribution in [0.4, 0.5) is 0 Å². The fraction of sp³-hybridized carbons (Fsp3) is 0.600. The molecule has 1 aromatic carbocycles. The van der Waals surface area contributed by atoms with Crippen LogP contribution in [-0.4, -0.2) is 18.7 Å². The van der Waals surface area contributed by atoms with Crippen LogP contribution in [-0.2, 0) is 0 Å². The van der Waals surface area contributed by atoms with Crippen LogP contribution in [0.15, 0.2) is 24.3 Å². The monoisotopic (exact) mass is 235 g/mol. The van der Waals surface area contributed by atoms with Crippen molar-refractivity contribution in [1.82, 2.24) is 5.32 Å². The summed E-state index contributed by atoms with van der Waals surface area (Å²) in [5.74, 6) is 0.957. The predicted octanol–water partition coefficient (Wildman–Crippen LogP) is 3.54. The second-order valence-electron chi connectivity index (χ2n) is 4.90. The molecule has 0 saturated heterocycles. The van der Waals surface area contributed by atoms with E-state index >= 15 is 0 Å². The second kappa shape index (κ2) is 6.65. The molecule has 1 atom stereocenters. The Morgan fingerprint density at radius 3 is 2.35 bits per heavy atom. The van der Waals surface area contributed by atoms with Crippen molar-refractivity contribution >= 4 is 0 Å². The average Bonchev–Trinajstić information content (AvgIpc) is 2.33. The van der Waals surface area contributed by atoms with E-state index < -0.39 is 0 Å². The highest BCUT2D eigenvalue weighted by molar-refractivity contribution is 5.27. The molecule has 0 amide bonds. The highest BCUT2D eigenvalue weighted by atomic mass is 16.5. The van der Waals surface area contributed by atoms with Crippen LogP contribution in [0.25, 0.3) is 0 Å². The molecule has 0 saturated carbocycles. The second-order valence-corrected chi connectivity index (χ2v) is 4.90. The lowest BCUT2D eigenvalue weighted by molar-refractivity contribution is 0.0837. The third kappa shape index (κ3) is 4.78. The third-order valence-corrected chi connectivity index (χ3v) is 3.06. The van der Waals surface area contributed by atoms with Crippen molar-refractivity contribution in [2.45, 2.75) is 46.1 Å². The van der Waals surface area contributed by atoms with Gasteiger partial charge >= 0.3 is 0 Å². The van der Waals surface area contributed by atoms with Gasteiger partial charge in [-0.3, -0.25) is 0 Å². The minimum Gasteiger partial charge on any atom is -0.486 e. The van der Waals surface area contributed by atoms with Crippen molar-refractivity contribution in [2.75, 3.05) is 13.1 Å². The van der Waals surface area contributed by atoms with E-state index in [2.05, 4.69) is 45.1 Å². The molecule has 0 aliphatic rings. The molecule has 1 N–H and O–H groups in total. The number of hydrogen-bond acceptors (Lipinski definition) is 2. The number of hydrogen-bond donors (Lipinski definition) is 1. The fourth-order valence-electron chi connectivity index (χ4n) is 1.65. The summed E-state index contributed by atoms with van der Waals surface area (Å²) in [6.07, 6.45) is 2.15. The molecule has 0 aliphatic heterocycles. The molecule has 0 bridgehead atoms. The molecular weight excluding hydrogens is 210 g/mol. The van der Waals surface area contributed by atoms with Gasteiger partial charge in [0.2, 0.25) is 0 Å². The van der Waals surface area contributed by atoms with Crippen LogP contribution in [0, 0.1) is 6.92 Å². The van der Waals surface area contributed by atoms with Crippen LogP contribution >= 0.6 is 0 Å². The maximum Gasteiger partial charge on any atom is 0.120 e. The van der Waals surface area contributed by atoms with Crippen molar-refractivity contribution in [3.05, 3.63) is 29.8 Å². The van der Waals surface area contributed by atoms with Crippen LogP contribution in [0.3, 0.4) is 0 Å². The molecule has 0 fully saturated rings. The average molecular weight is 235 g/mol. The van der Waals surface area contributed by atoms with E-state index in [4.69, 9.17) is 4.74 Å². The molecule has 1 unspecified atom stereocenters. The van der Waals surface area contributed by atoms with E-state index in [1.54, 1.807) is 0 Å². The molecule has 0 heterocycles. The van der Waals surface area contributed by atoms with Gasteiger partial charge in [0, 0.05) is 6.54 Å². The molecule has 17 heavy (non-hydrogen) atoms. The molecular formula is C15H25NO. The summed E-state index contributed by atoms with van der Waals surface area (Å²) in [5.41, 5.74) is 1.14. The normalized spacial score (nSPS) is 14.4. The van der Waals surface area contributed by atoms with E-state index in [-0.39, 0.29) is 5.60 Å². The highest BCUT2D eigenvalue weighted by Gasteiger charge is 2.23. The van der Waals surface area contributed by atoms with E-state index in [9.17, 15) is 0 Å². The molecule has 0 aliphatic carbocycles. The molecule has 0 spiro atoms. The first kappa shape index (κ1) is 14.0. The zero-order valence-corrected chi connectivity index (χ0v) is 11.5. The summed E-state index contributed by atoms with van der Waals surface area (Å²) < 4.78 is 6.09. The summed E-state index contributed by atoms with van der Waals surface area (Å²) in [4.78, 5) is 0. The van der Waals surface area contributed by atoms with Gasteiger partial charge in [-0.25, -0.2) is 0 Å². The van der Waals surface area contributed by atoms with Gasteiger partial charge in [0.25, 0.3) is 0 Å². The number of benzene rings is 1. The third-order valence-electron chi connectivity index (χ3n) is 3.06. The van der Waals surface area contributed by atoms with Crippen LogP contribution < -0.4 is 10.1 Å². The summed E-state index contributed by atoms with van der Waals surface area (Å²) in [5, 5.41) is 3.43. The van der Waals surface area contributed by atoms with E-state index in [0.29, 0.717) is 0 Å². The van der Waals surface area contributed by atoms with Gasteiger partial charge in [-0.15, -0.1) is 0 Å². The van der Waals surface area contributed by atoms with Crippen molar-refractivity contribution in [2.24, 2.45) is 0 Å². The smallest absolute Gasteiger partial charge is 0.120 e. The summed E-state index contributed by atoms with van der Waals surface area (Å²) in [6, 6.07) is 8.27. The number of ether oxygens (including phenoxy) is 1. The van der Waals surface area contributed by atoms with Gasteiger partial charge in [0.15, 0.2) is 0 Å². The Labute approximate surface area is 105 Å². The lowest BCUT2D eigenvalue weighted by Crippen LogP contribution is -2.42. The quantitative estimate of drug-likeness (QED) is 0.730. The van der Waals surface area contributed by atoms with Gasteiger partial charge < -0.3 is 10.1 Å². The highest BCUT2D eigenvalue weighted by Crippen LogP contribution is 2.21. The largest absolute Gasteiger partial charge is 0.486 e. The Morgan fingerprint density at radius 1 is 1.18 bits per heavy atom. The standard InChI is InChI=1S/C15H25NO/c1-5-11-16-12-15(4,6-2)17-14-9-7-13(3)8-10-14/h7-10,16H,5-6,11-12H2,1-4H3. The van der Waals surface area contributed by atoms with Gasteiger partial charge in [-0.05, 0) is 45.4 Å². The first-order chi connectivity index (χ1) is 8.09. The lowest BCUT2D eigenvalue weighted by atomic mass is 10.0. The van der Waals surface area contributed by atoms with E-state index in [1.165, 1.54) is 5.56 Å². The van der Waals surface area contributed by atoms with Crippen molar-refractivity contribution in [3.63, 3.8) is 0 Å². The van der Waals surface area contributed by atoms with Gasteiger partial charge in [-0.2, -0.15) is 0 Å². The van der Waals surface area contributed by atoms with Crippen molar-refractivity contribution in [1.29, 1.82) is 0 Å². The zero-order valence-electron chi connectivity index (χ0n) is 11.5. The number of aryl methyl sites for hydroxylation is 1. The Bertz CT molecular complexity index is 320. The minimum absolute atomic E-state index is 0.121. The summed E-state index contributed by atoms with van der Waals surface area (Å²) in [6.45, 7) is 10.5. The predicted molar refractivity (Wildman–Crippen MR) is 73.7 cm³/mol. The van der Waals surface area contributed by atoms with Crippen molar-refractivity contribution < 1.29 is 4.74 Å². The number of rotatable bonds is 7. The Morgan fingerprint density at radius 2 is 1.82 bits per heavy atom. The maximum atomic E-state index is 6.09. The fourth-order valence-corrected chi connectivity index (χ4v) is 1.65. The Hall–Kier alpha value is -1.02. The first-order valence-corrected chi connectivity index (χ1v) is 6.56. The van der Waals surface area contributed by atoms with E-state index in [1.807, 2.05) is 12.1 Å². The topological polar surface area (TPSA) is 21.3 Å². The molecule has 0 radical (unpaired) electrons. The van der Waals surface area contributed by atoms with Crippen molar-refractivity contribution in [3.8, 4) is 5.75 Å². The Kier molecular flexibility index (Phi) is 5.49. The first-order valence-electron chi connectivity index (χ1n) is 6.56. The maximum absolute atomic E-state index is 6.09. The SMILES string of the molecule is CCCNCC(C)(CC)Oc1ccc(C)cc1. The van der Waals surface area contributed by atoms with E-state index in [0.717, 1.165) is 31.7 Å². The molecule has 1 rings (SSSR count). The van der Waals surface area contributed by atoms with Gasteiger partial charge in [-0.1, -0.05) is 31.5 Å². The summed E-state index contributed by atoms with van der Waals surface area (Å²) in [7, 11) is 0. The molecule has 1 aromatic rings. The molecule has 0 aromatic heterocycles. The van der Waals surface area contributed by atoms with Crippen LogP contribution in [0.2, 0.25) is 0 Å². The summed E-state index contributed by atoms with van der Waals surface area (Å²) >= 11 is 0. The zero-order chi connectivity index (χ0) is 12.7. The molecule has 2 nitrogen and oxygen atoms in total. The van der Waals surface area contributed by atoms with Gasteiger partial charge in [0.05, 0.1) is 0 Å².